The topological polar surface area (TPSA) is 59.8 Å². The molecule has 0 aliphatic heterocycles. The minimum Gasteiger partial charge on any atom is -0.693 e. The normalized spacial score (nSPS) is 7.21. The Morgan fingerprint density at radius 1 is 1.50 bits per heavy atom. The van der Waals surface area contributed by atoms with Crippen molar-refractivity contribution < 1.29 is 30.6 Å². The molecule has 0 amide bonds. The van der Waals surface area contributed by atoms with Gasteiger partial charge in [0.25, 0.3) is 0 Å². The number of rotatable bonds is 2. The molecule has 0 atom stereocenters. The fraction of sp³-hybridized carbons (Fsp3) is 0.200. The molecule has 0 saturated carbocycles. The number of ether oxygens (including phenoxy) is 1. The van der Waals surface area contributed by atoms with Gasteiger partial charge in [0.05, 0.1) is 6.61 Å². The Labute approximate surface area is 99.7 Å². The second kappa shape index (κ2) is 10.4. The summed E-state index contributed by atoms with van der Waals surface area (Å²) in [4.78, 5) is 11.0. The number of hydrogen-bond donors (Lipinski definition) is 0. The number of esters is 1. The molecule has 0 saturated heterocycles. The average molecular weight is 364 g/mol. The van der Waals surface area contributed by atoms with E-state index >= 15 is 0 Å². The van der Waals surface area contributed by atoms with Crippen molar-refractivity contribution in [3.8, 4) is 0 Å². The van der Waals surface area contributed by atoms with Crippen molar-refractivity contribution in [1.82, 2.24) is 0 Å². The summed E-state index contributed by atoms with van der Waals surface area (Å²) in [6, 6.07) is 9.73. The molecule has 0 aliphatic carbocycles. The molecule has 80 valence electrons. The molecule has 0 aromatic heterocycles. The smallest absolute Gasteiger partial charge is 0.250 e. The molecule has 1 aromatic carbocycles. The molecule has 1 aromatic rings. The van der Waals surface area contributed by atoms with E-state index in [1.165, 1.54) is 0 Å². The van der Waals surface area contributed by atoms with E-state index in [-0.39, 0.29) is 40.6 Å². The Morgan fingerprint density at radius 3 is 2.57 bits per heavy atom. The summed E-state index contributed by atoms with van der Waals surface area (Å²) >= 11 is 0. The molecule has 0 aliphatic rings. The quantitative estimate of drug-likeness (QED) is 0.599. The Morgan fingerprint density at radius 2 is 2.14 bits per heavy atom. The van der Waals surface area contributed by atoms with E-state index in [1.54, 1.807) is 25.1 Å². The fourth-order valence-electron chi connectivity index (χ4n) is 0.729. The maximum Gasteiger partial charge on any atom is 0.250 e. The van der Waals surface area contributed by atoms with Gasteiger partial charge in [-0.3, -0.25) is 0 Å². The summed E-state index contributed by atoms with van der Waals surface area (Å²) in [5, 5.41) is 0. The van der Waals surface area contributed by atoms with Crippen molar-refractivity contribution in [2.75, 3.05) is 6.61 Å². The van der Waals surface area contributed by atoms with Gasteiger partial charge in [-0.25, -0.2) is 0 Å². The first-order valence-corrected chi connectivity index (χ1v) is 3.48. The molecule has 0 spiro atoms. The van der Waals surface area contributed by atoms with E-state index in [9.17, 15) is 4.79 Å². The van der Waals surface area contributed by atoms with Gasteiger partial charge in [0, 0.05) is 21.1 Å². The molecule has 14 heavy (non-hydrogen) atoms. The standard InChI is InChI=1S/C9H9O2.CH3.H2N.W/c1-2-11-9(10)8-6-4-3-5-7-8;;;/h3-6H,2H2,1H3;1H3;1H2;/q3*-1;. The Hall–Kier alpha value is -0.662. The average Bonchev–Trinajstić information content (AvgIpc) is 2.07. The van der Waals surface area contributed by atoms with Crippen LogP contribution in [0.1, 0.15) is 17.3 Å². The third kappa shape index (κ3) is 5.89. The van der Waals surface area contributed by atoms with E-state index < -0.39 is 0 Å². The van der Waals surface area contributed by atoms with Crippen LogP contribution in [0.15, 0.2) is 24.3 Å². The first-order valence-electron chi connectivity index (χ1n) is 3.48. The second-order valence-corrected chi connectivity index (χ2v) is 2.00. The van der Waals surface area contributed by atoms with Crippen molar-refractivity contribution in [2.45, 2.75) is 6.92 Å². The Bertz CT molecular complexity index is 239. The van der Waals surface area contributed by atoms with Gasteiger partial charge >= 0.3 is 0 Å². The SMILES string of the molecule is CCOC(=O)c1[c-]cccc1.[CH3-].[NH2-].[W]. The molecule has 0 bridgehead atoms. The summed E-state index contributed by atoms with van der Waals surface area (Å²) in [7, 11) is 0. The molecule has 2 N–H and O–H groups in total. The maximum absolute atomic E-state index is 11.0. The maximum atomic E-state index is 11.0. The predicted octanol–water partition coefficient (Wildman–Crippen LogP) is 2.83. The van der Waals surface area contributed by atoms with Gasteiger partial charge in [-0.15, -0.1) is 30.3 Å². The number of carbonyl (C=O) groups is 1. The van der Waals surface area contributed by atoms with Crippen LogP contribution in [0.5, 0.6) is 0 Å². The molecule has 3 nitrogen and oxygen atoms in total. The molecule has 0 unspecified atom stereocenters. The number of benzene rings is 1. The monoisotopic (exact) mass is 364 g/mol. The van der Waals surface area contributed by atoms with Gasteiger partial charge in [-0.1, -0.05) is 5.56 Å². The van der Waals surface area contributed by atoms with Crippen LogP contribution in [0.4, 0.5) is 0 Å². The molecular formula is C10H14NO2W-3. The van der Waals surface area contributed by atoms with E-state index in [4.69, 9.17) is 4.74 Å². The zero-order chi connectivity index (χ0) is 8.10. The summed E-state index contributed by atoms with van der Waals surface area (Å²) < 4.78 is 4.76. The van der Waals surface area contributed by atoms with Crippen molar-refractivity contribution >= 4 is 5.97 Å². The third-order valence-electron chi connectivity index (χ3n) is 1.20. The van der Waals surface area contributed by atoms with Gasteiger partial charge < -0.3 is 23.1 Å². The molecule has 0 fully saturated rings. The third-order valence-corrected chi connectivity index (χ3v) is 1.20. The Kier molecular flexibility index (Phi) is 14.1. The Balaban J connectivity index is -0.000000403. The van der Waals surface area contributed by atoms with Crippen LogP contribution in [0.2, 0.25) is 0 Å². The van der Waals surface area contributed by atoms with E-state index in [0.717, 1.165) is 0 Å². The summed E-state index contributed by atoms with van der Waals surface area (Å²) in [5.74, 6) is -0.312. The molecule has 0 radical (unpaired) electrons. The minimum absolute atomic E-state index is 0. The van der Waals surface area contributed by atoms with Crippen LogP contribution in [0, 0.1) is 13.5 Å². The van der Waals surface area contributed by atoms with Crippen LogP contribution < -0.4 is 0 Å². The number of nitrogens with two attached hydrogens (primary N) is 1. The largest absolute Gasteiger partial charge is 0.693 e. The van der Waals surface area contributed by atoms with Crippen molar-refractivity contribution in [1.29, 1.82) is 0 Å². The summed E-state index contributed by atoms with van der Waals surface area (Å²) in [6.45, 7) is 2.18. The predicted molar refractivity (Wildman–Crippen MR) is 52.9 cm³/mol. The summed E-state index contributed by atoms with van der Waals surface area (Å²) in [6.07, 6.45) is 0. The van der Waals surface area contributed by atoms with E-state index in [1.807, 2.05) is 6.07 Å². The second-order valence-electron chi connectivity index (χ2n) is 2.00. The number of hydrogen-bond acceptors (Lipinski definition) is 2. The first-order chi connectivity index (χ1) is 5.34. The van der Waals surface area contributed by atoms with Crippen LogP contribution in [-0.2, 0) is 25.8 Å². The molecular weight excluding hydrogens is 350 g/mol. The summed E-state index contributed by atoms with van der Waals surface area (Å²) in [5.41, 5.74) is 0.481. The van der Waals surface area contributed by atoms with Crippen LogP contribution in [-0.4, -0.2) is 12.6 Å². The number of carbonyl (C=O) groups excluding carboxylic acids is 1. The van der Waals surface area contributed by atoms with Gasteiger partial charge in [0.15, 0.2) is 0 Å². The fourth-order valence-corrected chi connectivity index (χ4v) is 0.729. The van der Waals surface area contributed by atoms with Crippen LogP contribution in [0.3, 0.4) is 0 Å². The van der Waals surface area contributed by atoms with Gasteiger partial charge in [-0.05, 0) is 6.92 Å². The zero-order valence-electron chi connectivity index (χ0n) is 8.32. The van der Waals surface area contributed by atoms with Crippen molar-refractivity contribution in [2.24, 2.45) is 0 Å². The van der Waals surface area contributed by atoms with E-state index in [2.05, 4.69) is 6.07 Å². The minimum atomic E-state index is -0.312. The van der Waals surface area contributed by atoms with Crippen LogP contribution in [0.25, 0.3) is 6.15 Å². The van der Waals surface area contributed by atoms with Crippen molar-refractivity contribution in [3.05, 3.63) is 49.5 Å². The molecule has 1 rings (SSSR count). The van der Waals surface area contributed by atoms with Gasteiger partial charge in [-0.2, -0.15) is 0 Å². The first kappa shape index (κ1) is 19.0. The zero-order valence-corrected chi connectivity index (χ0v) is 11.3. The van der Waals surface area contributed by atoms with Crippen molar-refractivity contribution in [3.63, 3.8) is 0 Å². The molecule has 4 heteroatoms. The van der Waals surface area contributed by atoms with Crippen LogP contribution >= 0.6 is 0 Å². The van der Waals surface area contributed by atoms with Gasteiger partial charge in [0.2, 0.25) is 5.97 Å². The van der Waals surface area contributed by atoms with Gasteiger partial charge in [0.1, 0.15) is 0 Å². The van der Waals surface area contributed by atoms with E-state index in [0.29, 0.717) is 12.2 Å². The molecule has 0 heterocycles.